The summed E-state index contributed by atoms with van der Waals surface area (Å²) in [5.41, 5.74) is 10.8. The molecule has 0 aromatic carbocycles. The Morgan fingerprint density at radius 2 is 1.77 bits per heavy atom. The predicted molar refractivity (Wildman–Crippen MR) is 115 cm³/mol. The summed E-state index contributed by atoms with van der Waals surface area (Å²) in [6.07, 6.45) is 4.34. The Morgan fingerprint density at radius 3 is 2.32 bits per heavy atom. The van der Waals surface area contributed by atoms with E-state index in [1.54, 1.807) is 20.8 Å². The molecule has 2 rings (SSSR count). The van der Waals surface area contributed by atoms with Crippen LogP contribution in [-0.4, -0.2) is 77.5 Å². The van der Waals surface area contributed by atoms with Gasteiger partial charge in [-0.1, -0.05) is 19.3 Å². The van der Waals surface area contributed by atoms with Crippen molar-refractivity contribution in [2.75, 3.05) is 20.1 Å². The molecule has 176 valence electrons. The second-order valence-electron chi connectivity index (χ2n) is 9.68. The van der Waals surface area contributed by atoms with Gasteiger partial charge in [0.05, 0.1) is 0 Å². The van der Waals surface area contributed by atoms with Crippen molar-refractivity contribution in [3.63, 3.8) is 0 Å². The number of amides is 4. The van der Waals surface area contributed by atoms with Crippen molar-refractivity contribution >= 4 is 23.8 Å². The van der Waals surface area contributed by atoms with Gasteiger partial charge in [-0.25, -0.2) is 4.79 Å². The molecule has 0 spiro atoms. The van der Waals surface area contributed by atoms with Gasteiger partial charge in [0.2, 0.25) is 17.7 Å². The second kappa shape index (κ2) is 10.3. The van der Waals surface area contributed by atoms with Crippen LogP contribution in [0, 0.1) is 5.92 Å². The van der Waals surface area contributed by atoms with E-state index < -0.39 is 35.6 Å². The second-order valence-corrected chi connectivity index (χ2v) is 9.68. The van der Waals surface area contributed by atoms with Gasteiger partial charge in [-0.3, -0.25) is 14.4 Å². The Kier molecular flexibility index (Phi) is 8.27. The van der Waals surface area contributed by atoms with Crippen LogP contribution in [0.4, 0.5) is 4.79 Å². The topological polar surface area (TPSA) is 148 Å². The molecule has 10 heteroatoms. The molecule has 0 aromatic heterocycles. The van der Waals surface area contributed by atoms with Gasteiger partial charge in [-0.05, 0) is 46.0 Å². The highest BCUT2D eigenvalue weighted by molar-refractivity contribution is 5.93. The van der Waals surface area contributed by atoms with Crippen molar-refractivity contribution < 1.29 is 23.9 Å². The maximum absolute atomic E-state index is 13.4. The molecule has 0 radical (unpaired) electrons. The van der Waals surface area contributed by atoms with Crippen LogP contribution in [0.25, 0.3) is 0 Å². The third kappa shape index (κ3) is 7.09. The smallest absolute Gasteiger partial charge is 0.410 e. The maximum Gasteiger partial charge on any atom is 0.410 e. The van der Waals surface area contributed by atoms with Crippen molar-refractivity contribution in [1.82, 2.24) is 15.1 Å². The average Bonchev–Trinajstić information content (AvgIpc) is 3.07. The van der Waals surface area contributed by atoms with E-state index in [-0.39, 0.29) is 31.0 Å². The highest BCUT2D eigenvalue weighted by Crippen LogP contribution is 2.29. The lowest BCUT2D eigenvalue weighted by atomic mass is 9.83. The van der Waals surface area contributed by atoms with Gasteiger partial charge < -0.3 is 31.3 Å². The lowest BCUT2D eigenvalue weighted by molar-refractivity contribution is -0.142. The number of rotatable bonds is 6. The molecule has 2 aliphatic rings. The summed E-state index contributed by atoms with van der Waals surface area (Å²) in [5, 5.41) is 2.81. The molecule has 0 aromatic rings. The van der Waals surface area contributed by atoms with Gasteiger partial charge >= 0.3 is 6.09 Å². The van der Waals surface area contributed by atoms with E-state index in [0.717, 1.165) is 32.1 Å². The molecule has 1 aliphatic heterocycles. The molecule has 1 saturated carbocycles. The van der Waals surface area contributed by atoms with Gasteiger partial charge in [0.1, 0.15) is 24.2 Å². The summed E-state index contributed by atoms with van der Waals surface area (Å²) in [5.74, 6) is -1.43. The number of likely N-dealkylation sites (tertiary alicyclic amines) is 1. The number of nitrogens with zero attached hydrogens (tertiary/aromatic N) is 2. The van der Waals surface area contributed by atoms with Crippen LogP contribution >= 0.6 is 0 Å². The normalized spacial score (nSPS) is 23.2. The van der Waals surface area contributed by atoms with Gasteiger partial charge in [0, 0.05) is 19.6 Å². The van der Waals surface area contributed by atoms with Gasteiger partial charge in [0.25, 0.3) is 0 Å². The van der Waals surface area contributed by atoms with Crippen molar-refractivity contribution in [3.05, 3.63) is 0 Å². The minimum atomic E-state index is -0.785. The largest absolute Gasteiger partial charge is 0.444 e. The number of nitrogens with two attached hydrogens (primary N) is 2. The van der Waals surface area contributed by atoms with Crippen molar-refractivity contribution in [2.45, 2.75) is 83.0 Å². The SMILES string of the molecule is CN(CC(=O)NC(C(=O)N1CC(N)CC1C(N)=O)C1CCCCC1)C(=O)OC(C)(C)C. The zero-order chi connectivity index (χ0) is 23.3. The van der Waals surface area contributed by atoms with Crippen LogP contribution < -0.4 is 16.8 Å². The molecule has 31 heavy (non-hydrogen) atoms. The van der Waals surface area contributed by atoms with E-state index in [4.69, 9.17) is 16.2 Å². The van der Waals surface area contributed by atoms with Gasteiger partial charge in [-0.15, -0.1) is 0 Å². The molecule has 3 atom stereocenters. The zero-order valence-electron chi connectivity index (χ0n) is 19.1. The Hall–Kier alpha value is -2.36. The fraction of sp³-hybridized carbons (Fsp3) is 0.810. The molecular weight excluding hydrogens is 402 g/mol. The van der Waals surface area contributed by atoms with Crippen LogP contribution in [0.2, 0.25) is 0 Å². The molecule has 10 nitrogen and oxygen atoms in total. The van der Waals surface area contributed by atoms with Crippen molar-refractivity contribution in [3.8, 4) is 0 Å². The van der Waals surface area contributed by atoms with Gasteiger partial charge in [0.15, 0.2) is 0 Å². The van der Waals surface area contributed by atoms with E-state index >= 15 is 0 Å². The molecule has 1 saturated heterocycles. The summed E-state index contributed by atoms with van der Waals surface area (Å²) < 4.78 is 5.27. The van der Waals surface area contributed by atoms with Crippen molar-refractivity contribution in [1.29, 1.82) is 0 Å². The predicted octanol–water partition coefficient (Wildman–Crippen LogP) is 0.332. The summed E-state index contributed by atoms with van der Waals surface area (Å²) in [7, 11) is 1.47. The lowest BCUT2D eigenvalue weighted by Crippen LogP contribution is -2.57. The van der Waals surface area contributed by atoms with E-state index in [0.29, 0.717) is 6.42 Å². The molecule has 3 unspecified atom stereocenters. The number of nitrogens with one attached hydrogen (secondary N) is 1. The van der Waals surface area contributed by atoms with Crippen LogP contribution in [0.1, 0.15) is 59.3 Å². The Labute approximate surface area is 184 Å². The number of likely N-dealkylation sites (N-methyl/N-ethyl adjacent to an activating group) is 1. The van der Waals surface area contributed by atoms with E-state index in [1.807, 2.05) is 0 Å². The first-order valence-corrected chi connectivity index (χ1v) is 11.0. The standard InChI is InChI=1S/C21H37N5O5/c1-21(2,3)31-20(30)25(4)12-16(27)24-17(13-8-6-5-7-9-13)19(29)26-11-14(22)10-15(26)18(23)28/h13-15,17H,5-12,22H2,1-4H3,(H2,23,28)(H,24,27). The summed E-state index contributed by atoms with van der Waals surface area (Å²) in [6, 6.07) is -1.88. The lowest BCUT2D eigenvalue weighted by Gasteiger charge is -2.34. The fourth-order valence-electron chi connectivity index (χ4n) is 4.25. The first-order chi connectivity index (χ1) is 14.4. The maximum atomic E-state index is 13.4. The quantitative estimate of drug-likeness (QED) is 0.543. The molecule has 5 N–H and O–H groups in total. The van der Waals surface area contributed by atoms with E-state index in [2.05, 4.69) is 5.32 Å². The van der Waals surface area contributed by atoms with E-state index in [9.17, 15) is 19.2 Å². The number of ether oxygens (including phenoxy) is 1. The summed E-state index contributed by atoms with van der Waals surface area (Å²) >= 11 is 0. The third-order valence-corrected chi connectivity index (χ3v) is 5.73. The highest BCUT2D eigenvalue weighted by atomic mass is 16.6. The Morgan fingerprint density at radius 1 is 1.16 bits per heavy atom. The third-order valence-electron chi connectivity index (χ3n) is 5.73. The Bertz CT molecular complexity index is 686. The molecule has 4 amide bonds. The number of hydrogen-bond donors (Lipinski definition) is 3. The highest BCUT2D eigenvalue weighted by Gasteiger charge is 2.42. The first-order valence-electron chi connectivity index (χ1n) is 11.0. The molecule has 1 aliphatic carbocycles. The number of carbonyl (C=O) groups excluding carboxylic acids is 4. The van der Waals surface area contributed by atoms with Gasteiger partial charge in [-0.2, -0.15) is 0 Å². The molecule has 2 fully saturated rings. The number of carbonyl (C=O) groups is 4. The van der Waals surface area contributed by atoms with E-state index in [1.165, 1.54) is 16.8 Å². The molecule has 0 bridgehead atoms. The number of hydrogen-bond acceptors (Lipinski definition) is 6. The van der Waals surface area contributed by atoms with Crippen molar-refractivity contribution in [2.24, 2.45) is 17.4 Å². The summed E-state index contributed by atoms with van der Waals surface area (Å²) in [4.78, 5) is 52.7. The summed E-state index contributed by atoms with van der Waals surface area (Å²) in [6.45, 7) is 5.21. The Balaban J connectivity index is 2.11. The van der Waals surface area contributed by atoms with Crippen LogP contribution in [0.5, 0.6) is 0 Å². The average molecular weight is 440 g/mol. The molecular formula is C21H37N5O5. The minimum Gasteiger partial charge on any atom is -0.444 e. The first kappa shape index (κ1) is 24.9. The van der Waals surface area contributed by atoms with Crippen LogP contribution in [-0.2, 0) is 19.1 Å². The fourth-order valence-corrected chi connectivity index (χ4v) is 4.25. The van der Waals surface area contributed by atoms with Crippen LogP contribution in [0.3, 0.4) is 0 Å². The molecule has 1 heterocycles. The number of primary amides is 1. The minimum absolute atomic E-state index is 0.0395. The monoisotopic (exact) mass is 439 g/mol. The van der Waals surface area contributed by atoms with Crippen LogP contribution in [0.15, 0.2) is 0 Å². The zero-order valence-corrected chi connectivity index (χ0v) is 19.1.